The molecule has 0 saturated heterocycles. The predicted octanol–water partition coefficient (Wildman–Crippen LogP) is 2.41. The monoisotopic (exact) mass is 216 g/mol. The van der Waals surface area contributed by atoms with Crippen LogP contribution in [0.15, 0.2) is 16.1 Å². The third-order valence-electron chi connectivity index (χ3n) is 2.60. The first-order chi connectivity index (χ1) is 7.61. The minimum Gasteiger partial charge on any atom is -0.211 e. The average molecular weight is 216 g/mol. The van der Waals surface area contributed by atoms with Crippen LogP contribution in [0.4, 0.5) is 5.69 Å². The van der Waals surface area contributed by atoms with Gasteiger partial charge in [0.15, 0.2) is 0 Å². The lowest BCUT2D eigenvalue weighted by atomic mass is 9.97. The minimum atomic E-state index is 0.193. The molecule has 1 rings (SSSR count). The summed E-state index contributed by atoms with van der Waals surface area (Å²) in [5, 5.41) is 0. The maximum atomic E-state index is 10.3. The predicted molar refractivity (Wildman–Crippen MR) is 60.3 cm³/mol. The first-order valence-electron chi connectivity index (χ1n) is 4.83. The van der Waals surface area contributed by atoms with Crippen molar-refractivity contribution in [3.8, 4) is 0 Å². The summed E-state index contributed by atoms with van der Waals surface area (Å²) in [6, 6.07) is 1.94. The van der Waals surface area contributed by atoms with Crippen molar-refractivity contribution in [2.75, 3.05) is 0 Å². The van der Waals surface area contributed by atoms with Crippen LogP contribution < -0.4 is 0 Å². The van der Waals surface area contributed by atoms with E-state index >= 15 is 0 Å². The molecule has 16 heavy (non-hydrogen) atoms. The van der Waals surface area contributed by atoms with Gasteiger partial charge in [0.1, 0.15) is 0 Å². The first-order valence-corrected chi connectivity index (χ1v) is 4.83. The molecule has 0 saturated carbocycles. The van der Waals surface area contributed by atoms with Crippen LogP contribution in [0.1, 0.15) is 22.3 Å². The van der Waals surface area contributed by atoms with Gasteiger partial charge in [0, 0.05) is 5.56 Å². The summed E-state index contributed by atoms with van der Waals surface area (Å²) in [6.07, 6.45) is 3.01. The van der Waals surface area contributed by atoms with Gasteiger partial charge in [0.2, 0.25) is 12.2 Å². The van der Waals surface area contributed by atoms with Gasteiger partial charge in [0.05, 0.1) is 12.2 Å². The van der Waals surface area contributed by atoms with E-state index in [1.54, 1.807) is 0 Å². The fourth-order valence-corrected chi connectivity index (χ4v) is 1.66. The molecule has 0 heterocycles. The number of isocyanates is 2. The van der Waals surface area contributed by atoms with Crippen LogP contribution in [-0.2, 0) is 16.1 Å². The van der Waals surface area contributed by atoms with Crippen LogP contribution in [0.5, 0.6) is 0 Å². The zero-order chi connectivity index (χ0) is 12.1. The number of rotatable bonds is 3. The van der Waals surface area contributed by atoms with Crippen molar-refractivity contribution in [1.29, 1.82) is 0 Å². The first kappa shape index (κ1) is 12.1. The highest BCUT2D eigenvalue weighted by molar-refractivity contribution is 5.62. The summed E-state index contributed by atoms with van der Waals surface area (Å²) in [6.45, 7) is 5.92. The Morgan fingerprint density at radius 2 is 1.81 bits per heavy atom. The molecule has 0 aromatic heterocycles. The van der Waals surface area contributed by atoms with Crippen molar-refractivity contribution in [1.82, 2.24) is 0 Å². The minimum absolute atomic E-state index is 0.193. The molecule has 0 aliphatic heterocycles. The molecule has 0 unspecified atom stereocenters. The van der Waals surface area contributed by atoms with Crippen molar-refractivity contribution >= 4 is 17.8 Å². The van der Waals surface area contributed by atoms with Crippen LogP contribution in [0.2, 0.25) is 0 Å². The normalized spacial score (nSPS) is 9.19. The molecule has 0 radical (unpaired) electrons. The van der Waals surface area contributed by atoms with Crippen LogP contribution in [0.3, 0.4) is 0 Å². The van der Waals surface area contributed by atoms with E-state index in [2.05, 4.69) is 9.98 Å². The Balaban J connectivity index is 3.49. The highest BCUT2D eigenvalue weighted by atomic mass is 16.1. The van der Waals surface area contributed by atoms with Gasteiger partial charge in [-0.25, -0.2) is 14.6 Å². The number of aryl methyl sites for hydroxylation is 2. The largest absolute Gasteiger partial charge is 0.240 e. The van der Waals surface area contributed by atoms with E-state index in [1.807, 2.05) is 26.8 Å². The molecular weight excluding hydrogens is 204 g/mol. The molecule has 4 nitrogen and oxygen atoms in total. The molecule has 0 spiro atoms. The molecular formula is C12H12N2O2. The van der Waals surface area contributed by atoms with Crippen LogP contribution >= 0.6 is 0 Å². The fraction of sp³-hybridized carbons (Fsp3) is 0.333. The van der Waals surface area contributed by atoms with Gasteiger partial charge in [-0.05, 0) is 37.5 Å². The zero-order valence-electron chi connectivity index (χ0n) is 9.50. The van der Waals surface area contributed by atoms with Gasteiger partial charge in [-0.3, -0.25) is 0 Å². The number of benzene rings is 1. The maximum Gasteiger partial charge on any atom is 0.240 e. The maximum absolute atomic E-state index is 10.3. The van der Waals surface area contributed by atoms with Crippen molar-refractivity contribution in [2.45, 2.75) is 27.3 Å². The smallest absolute Gasteiger partial charge is 0.211 e. The summed E-state index contributed by atoms with van der Waals surface area (Å²) >= 11 is 0. The summed E-state index contributed by atoms with van der Waals surface area (Å²) in [5.41, 5.74) is 4.28. The Morgan fingerprint density at radius 1 is 1.12 bits per heavy atom. The third kappa shape index (κ3) is 2.31. The van der Waals surface area contributed by atoms with Crippen LogP contribution in [0.25, 0.3) is 0 Å². The molecule has 4 heteroatoms. The summed E-state index contributed by atoms with van der Waals surface area (Å²) in [5.74, 6) is 0. The molecule has 0 amide bonds. The summed E-state index contributed by atoms with van der Waals surface area (Å²) in [7, 11) is 0. The molecule has 0 atom stereocenters. The number of hydrogen-bond acceptors (Lipinski definition) is 4. The van der Waals surface area contributed by atoms with Gasteiger partial charge in [-0.2, -0.15) is 4.99 Å². The van der Waals surface area contributed by atoms with Gasteiger partial charge < -0.3 is 0 Å². The van der Waals surface area contributed by atoms with Crippen molar-refractivity contribution in [3.63, 3.8) is 0 Å². The molecule has 1 aromatic rings. The number of hydrogen-bond donors (Lipinski definition) is 0. The lowest BCUT2D eigenvalue weighted by molar-refractivity contribution is 0.562. The Bertz CT molecular complexity index is 508. The van der Waals surface area contributed by atoms with E-state index in [9.17, 15) is 9.59 Å². The number of aliphatic imine (C=N–C) groups is 2. The summed E-state index contributed by atoms with van der Waals surface area (Å²) in [4.78, 5) is 27.7. The Hall–Kier alpha value is -2.02. The molecule has 0 aliphatic carbocycles. The molecule has 0 fully saturated rings. The van der Waals surface area contributed by atoms with Crippen LogP contribution in [0, 0.1) is 20.8 Å². The molecule has 82 valence electrons. The van der Waals surface area contributed by atoms with Crippen LogP contribution in [-0.4, -0.2) is 12.2 Å². The van der Waals surface area contributed by atoms with E-state index in [4.69, 9.17) is 0 Å². The van der Waals surface area contributed by atoms with Crippen molar-refractivity contribution in [2.24, 2.45) is 9.98 Å². The lowest BCUT2D eigenvalue weighted by Crippen LogP contribution is -1.94. The average Bonchev–Trinajstić information content (AvgIpc) is 2.25. The van der Waals surface area contributed by atoms with Crippen molar-refractivity contribution < 1.29 is 9.59 Å². The second kappa shape index (κ2) is 5.17. The zero-order valence-corrected chi connectivity index (χ0v) is 9.50. The summed E-state index contributed by atoms with van der Waals surface area (Å²) < 4.78 is 0. The van der Waals surface area contributed by atoms with E-state index in [1.165, 1.54) is 12.2 Å². The van der Waals surface area contributed by atoms with Crippen molar-refractivity contribution in [3.05, 3.63) is 28.3 Å². The Labute approximate surface area is 93.7 Å². The van der Waals surface area contributed by atoms with Gasteiger partial charge in [-0.15, -0.1) is 0 Å². The van der Waals surface area contributed by atoms with Gasteiger partial charge in [0.25, 0.3) is 0 Å². The lowest BCUT2D eigenvalue weighted by Gasteiger charge is -2.11. The number of nitrogens with zero attached hydrogens (tertiary/aromatic N) is 2. The molecule has 0 bridgehead atoms. The third-order valence-corrected chi connectivity index (χ3v) is 2.60. The van der Waals surface area contributed by atoms with Gasteiger partial charge >= 0.3 is 0 Å². The van der Waals surface area contributed by atoms with E-state index in [-0.39, 0.29) is 6.54 Å². The highest BCUT2D eigenvalue weighted by Gasteiger charge is 2.10. The highest BCUT2D eigenvalue weighted by Crippen LogP contribution is 2.29. The second-order valence-electron chi connectivity index (χ2n) is 3.57. The van der Waals surface area contributed by atoms with E-state index in [0.717, 1.165) is 22.3 Å². The Morgan fingerprint density at radius 3 is 2.38 bits per heavy atom. The second-order valence-corrected chi connectivity index (χ2v) is 3.57. The molecule has 0 N–H and O–H groups in total. The Kier molecular flexibility index (Phi) is 3.90. The van der Waals surface area contributed by atoms with E-state index in [0.29, 0.717) is 5.69 Å². The quantitative estimate of drug-likeness (QED) is 0.575. The molecule has 0 aliphatic rings. The standard InChI is InChI=1S/C12H12N2O2/c1-8-4-9(2)12(14-7-16)11(10(8)3)5-13-6-15/h4H,5H2,1-3H3. The fourth-order valence-electron chi connectivity index (χ4n) is 1.66. The van der Waals surface area contributed by atoms with Gasteiger partial charge in [-0.1, -0.05) is 6.07 Å². The topological polar surface area (TPSA) is 58.9 Å². The number of carbonyl (C=O) groups excluding carboxylic acids is 2. The molecule has 1 aromatic carbocycles. The van der Waals surface area contributed by atoms with E-state index < -0.39 is 0 Å². The SMILES string of the molecule is Cc1cc(C)c(N=C=O)c(CN=C=O)c1C.